The molecule has 7 heteroatoms. The van der Waals surface area contributed by atoms with E-state index in [1.807, 2.05) is 44.2 Å². The lowest BCUT2D eigenvalue weighted by molar-refractivity contribution is 0.294. The third-order valence-electron chi connectivity index (χ3n) is 4.24. The van der Waals surface area contributed by atoms with Gasteiger partial charge in [0, 0.05) is 50.9 Å². The van der Waals surface area contributed by atoms with Gasteiger partial charge >= 0.3 is 0 Å². The zero-order valence-corrected chi connectivity index (χ0v) is 18.4. The second-order valence-corrected chi connectivity index (χ2v) is 7.78. The van der Waals surface area contributed by atoms with Crippen molar-refractivity contribution in [2.45, 2.75) is 26.5 Å². The molecule has 0 saturated heterocycles. The molecule has 1 aromatic carbocycles. The van der Waals surface area contributed by atoms with Gasteiger partial charge in [0.15, 0.2) is 5.82 Å². The third kappa shape index (κ3) is 5.14. The predicted molar refractivity (Wildman–Crippen MR) is 121 cm³/mol. The van der Waals surface area contributed by atoms with Crippen LogP contribution in [0.2, 0.25) is 0 Å². The number of nitrogens with zero attached hydrogens (tertiary/aromatic N) is 3. The zero-order valence-electron chi connectivity index (χ0n) is 15.4. The van der Waals surface area contributed by atoms with Crippen molar-refractivity contribution in [2.24, 2.45) is 0 Å². The zero-order chi connectivity index (χ0) is 19.9. The second kappa shape index (κ2) is 9.75. The summed E-state index contributed by atoms with van der Waals surface area (Å²) in [6, 6.07) is 13.0. The van der Waals surface area contributed by atoms with Gasteiger partial charge < -0.3 is 9.30 Å². The Morgan fingerprint density at radius 3 is 2.57 bits per heavy atom. The standard InChI is InChI=1S/C21H18IN3O2S/c1-15-12-19(27-14-20-23-9-3-10-24-20)13-21(26)25(15)16(2)18-6-4-17(5-7-18)8-11-28-22/h3-7,9-10,12-13,16H,14H2,1-2H3. The van der Waals surface area contributed by atoms with Crippen molar-refractivity contribution < 1.29 is 4.74 Å². The number of ether oxygens (including phenoxy) is 1. The number of rotatable bonds is 5. The lowest BCUT2D eigenvalue weighted by atomic mass is 10.1. The van der Waals surface area contributed by atoms with E-state index in [2.05, 4.69) is 42.3 Å². The number of pyridine rings is 1. The minimum Gasteiger partial charge on any atom is -0.485 e. The molecule has 2 heterocycles. The van der Waals surface area contributed by atoms with Crippen LogP contribution in [0.3, 0.4) is 0 Å². The molecule has 0 spiro atoms. The van der Waals surface area contributed by atoms with E-state index in [9.17, 15) is 4.79 Å². The van der Waals surface area contributed by atoms with E-state index in [1.165, 1.54) is 15.0 Å². The smallest absolute Gasteiger partial charge is 0.254 e. The first kappa shape index (κ1) is 20.4. The number of hydrogen-bond donors (Lipinski definition) is 0. The number of benzene rings is 1. The molecule has 1 unspecified atom stereocenters. The topological polar surface area (TPSA) is 57.0 Å². The van der Waals surface area contributed by atoms with E-state index in [4.69, 9.17) is 4.74 Å². The second-order valence-electron chi connectivity index (χ2n) is 6.10. The maximum Gasteiger partial charge on any atom is 0.254 e. The van der Waals surface area contributed by atoms with Gasteiger partial charge in [0.2, 0.25) is 0 Å². The highest BCUT2D eigenvalue weighted by Gasteiger charge is 2.13. The highest BCUT2D eigenvalue weighted by Crippen LogP contribution is 2.21. The summed E-state index contributed by atoms with van der Waals surface area (Å²) in [4.78, 5) is 21.0. The summed E-state index contributed by atoms with van der Waals surface area (Å²) >= 11 is 2.15. The van der Waals surface area contributed by atoms with Crippen molar-refractivity contribution in [1.29, 1.82) is 0 Å². The van der Waals surface area contributed by atoms with Crippen LogP contribution in [-0.2, 0) is 6.61 Å². The fraction of sp³-hybridized carbons (Fsp3) is 0.190. The van der Waals surface area contributed by atoms with E-state index in [1.54, 1.807) is 23.0 Å². The Bertz CT molecular complexity index is 1060. The van der Waals surface area contributed by atoms with Gasteiger partial charge in [-0.05, 0) is 57.9 Å². The molecule has 0 N–H and O–H groups in total. The number of hydrogen-bond acceptors (Lipinski definition) is 5. The molecule has 0 aliphatic rings. The molecule has 5 nitrogen and oxygen atoms in total. The van der Waals surface area contributed by atoms with Crippen LogP contribution < -0.4 is 10.3 Å². The number of aryl methyl sites for hydroxylation is 1. The van der Waals surface area contributed by atoms with E-state index in [-0.39, 0.29) is 18.2 Å². The Morgan fingerprint density at radius 1 is 1.21 bits per heavy atom. The minimum absolute atomic E-state index is 0.0973. The Balaban J connectivity index is 1.79. The van der Waals surface area contributed by atoms with Gasteiger partial charge in [0.1, 0.15) is 12.4 Å². The highest BCUT2D eigenvalue weighted by atomic mass is 127. The monoisotopic (exact) mass is 503 g/mol. The summed E-state index contributed by atoms with van der Waals surface area (Å²) in [7, 11) is 1.46. The maximum absolute atomic E-state index is 12.7. The van der Waals surface area contributed by atoms with Crippen LogP contribution in [0, 0.1) is 18.1 Å². The minimum atomic E-state index is -0.110. The molecular formula is C21H18IN3O2S. The van der Waals surface area contributed by atoms with Gasteiger partial charge in [-0.3, -0.25) is 4.79 Å². The molecule has 0 aliphatic heterocycles. The quantitative estimate of drug-likeness (QED) is 0.379. The SMILES string of the molecule is Cc1cc(OCc2ncccn2)cc(=O)n1C(C)c1ccc(C#CSI)cc1. The molecule has 0 amide bonds. The van der Waals surface area contributed by atoms with Crippen molar-refractivity contribution in [3.8, 4) is 16.9 Å². The largest absolute Gasteiger partial charge is 0.485 e. The van der Waals surface area contributed by atoms with Crippen LogP contribution in [-0.4, -0.2) is 14.5 Å². The normalized spacial score (nSPS) is 11.4. The highest BCUT2D eigenvalue weighted by molar-refractivity contribution is 14.2. The fourth-order valence-electron chi connectivity index (χ4n) is 2.89. The van der Waals surface area contributed by atoms with Gasteiger partial charge in [-0.15, -0.1) is 0 Å². The Hall–Kier alpha value is -2.31. The van der Waals surface area contributed by atoms with Crippen LogP contribution in [0.5, 0.6) is 5.75 Å². The molecule has 28 heavy (non-hydrogen) atoms. The van der Waals surface area contributed by atoms with Gasteiger partial charge in [-0.25, -0.2) is 9.97 Å². The van der Waals surface area contributed by atoms with Crippen LogP contribution in [0.4, 0.5) is 0 Å². The average Bonchev–Trinajstić information content (AvgIpc) is 2.71. The van der Waals surface area contributed by atoms with Gasteiger partial charge in [0.25, 0.3) is 5.56 Å². The first-order valence-electron chi connectivity index (χ1n) is 8.59. The van der Waals surface area contributed by atoms with E-state index < -0.39 is 0 Å². The molecule has 142 valence electrons. The molecule has 3 aromatic rings. The summed E-state index contributed by atoms with van der Waals surface area (Å²) < 4.78 is 7.45. The van der Waals surface area contributed by atoms with Crippen LogP contribution in [0.15, 0.2) is 59.7 Å². The first-order chi connectivity index (χ1) is 13.6. The molecule has 0 radical (unpaired) electrons. The van der Waals surface area contributed by atoms with Gasteiger partial charge in [0.05, 0.1) is 6.04 Å². The molecular weight excluding hydrogens is 485 g/mol. The van der Waals surface area contributed by atoms with Crippen molar-refractivity contribution in [3.05, 3.63) is 87.9 Å². The van der Waals surface area contributed by atoms with Gasteiger partial charge in [-0.1, -0.05) is 18.1 Å². The Morgan fingerprint density at radius 2 is 1.93 bits per heavy atom. The van der Waals surface area contributed by atoms with Crippen LogP contribution in [0.1, 0.15) is 35.6 Å². The summed E-state index contributed by atoms with van der Waals surface area (Å²) in [5.41, 5.74) is 2.72. The van der Waals surface area contributed by atoms with Crippen molar-refractivity contribution in [2.75, 3.05) is 0 Å². The van der Waals surface area contributed by atoms with Crippen LogP contribution >= 0.6 is 30.1 Å². The molecule has 2 aromatic heterocycles. The van der Waals surface area contributed by atoms with Crippen molar-refractivity contribution >= 4 is 30.1 Å². The molecule has 0 bridgehead atoms. The van der Waals surface area contributed by atoms with Crippen molar-refractivity contribution in [3.63, 3.8) is 0 Å². The lowest BCUT2D eigenvalue weighted by Gasteiger charge is -2.19. The van der Waals surface area contributed by atoms with Crippen molar-refractivity contribution in [1.82, 2.24) is 14.5 Å². The fourth-order valence-corrected chi connectivity index (χ4v) is 3.37. The summed E-state index contributed by atoms with van der Waals surface area (Å²) in [6.45, 7) is 4.13. The number of aromatic nitrogens is 3. The molecule has 0 saturated carbocycles. The predicted octanol–water partition coefficient (Wildman–Crippen LogP) is 4.53. The number of halogens is 1. The summed E-state index contributed by atoms with van der Waals surface area (Å²) in [5, 5.41) is 2.97. The van der Waals surface area contributed by atoms with Crippen LogP contribution in [0.25, 0.3) is 0 Å². The summed E-state index contributed by atoms with van der Waals surface area (Å²) in [5.74, 6) is 4.15. The average molecular weight is 503 g/mol. The van der Waals surface area contributed by atoms with E-state index in [0.29, 0.717) is 11.6 Å². The third-order valence-corrected chi connectivity index (χ3v) is 5.08. The molecule has 0 aliphatic carbocycles. The lowest BCUT2D eigenvalue weighted by Crippen LogP contribution is -2.25. The maximum atomic E-state index is 12.7. The molecule has 1 atom stereocenters. The van der Waals surface area contributed by atoms with Gasteiger partial charge in [-0.2, -0.15) is 0 Å². The van der Waals surface area contributed by atoms with E-state index >= 15 is 0 Å². The Kier molecular flexibility index (Phi) is 7.12. The first-order valence-corrected chi connectivity index (χ1v) is 11.9. The molecule has 3 rings (SSSR count). The Labute approximate surface area is 180 Å². The van der Waals surface area contributed by atoms with E-state index in [0.717, 1.165) is 16.8 Å². The molecule has 0 fully saturated rings. The summed E-state index contributed by atoms with van der Waals surface area (Å²) in [6.07, 6.45) is 3.32.